The summed E-state index contributed by atoms with van der Waals surface area (Å²) in [6, 6.07) is 5.42. The van der Waals surface area contributed by atoms with Gasteiger partial charge < -0.3 is 10.6 Å². The third kappa shape index (κ3) is 3.59. The molecular weight excluding hydrogens is 317 g/mol. The van der Waals surface area contributed by atoms with Crippen molar-refractivity contribution in [1.82, 2.24) is 9.97 Å². The van der Waals surface area contributed by atoms with Crippen molar-refractivity contribution in [3.05, 3.63) is 41.0 Å². The largest absolute Gasteiger partial charge is 0.418 e. The van der Waals surface area contributed by atoms with Crippen molar-refractivity contribution in [2.24, 2.45) is 0 Å². The fourth-order valence-electron chi connectivity index (χ4n) is 1.91. The van der Waals surface area contributed by atoms with Gasteiger partial charge in [-0.2, -0.15) is 18.2 Å². The molecule has 0 bridgehead atoms. The predicted molar refractivity (Wildman–Crippen MR) is 78.4 cm³/mol. The van der Waals surface area contributed by atoms with E-state index in [1.54, 1.807) is 0 Å². The number of anilines is 3. The van der Waals surface area contributed by atoms with Gasteiger partial charge in [-0.05, 0) is 37.1 Å². The minimum atomic E-state index is -4.50. The van der Waals surface area contributed by atoms with Crippen LogP contribution in [0.4, 0.5) is 30.6 Å². The fraction of sp³-hybridized carbons (Fsp3) is 0.286. The van der Waals surface area contributed by atoms with Crippen LogP contribution in [0.3, 0.4) is 0 Å². The summed E-state index contributed by atoms with van der Waals surface area (Å²) >= 11 is 5.65. The van der Waals surface area contributed by atoms with Gasteiger partial charge >= 0.3 is 6.18 Å². The fourth-order valence-corrected chi connectivity index (χ4v) is 2.08. The molecule has 3 rings (SSSR count). The number of halogens is 4. The highest BCUT2D eigenvalue weighted by Crippen LogP contribution is 2.37. The van der Waals surface area contributed by atoms with Crippen LogP contribution in [0.2, 0.25) is 5.02 Å². The quantitative estimate of drug-likeness (QED) is 0.869. The average molecular weight is 329 g/mol. The van der Waals surface area contributed by atoms with E-state index < -0.39 is 11.7 Å². The van der Waals surface area contributed by atoms with E-state index in [0.717, 1.165) is 18.9 Å². The van der Waals surface area contributed by atoms with Gasteiger partial charge in [0.05, 0.1) is 11.3 Å². The SMILES string of the molecule is FC(F)(F)c1cc(Cl)ccc1Nc1ccnc(NC2CC2)n1. The molecule has 2 N–H and O–H groups in total. The van der Waals surface area contributed by atoms with Crippen molar-refractivity contribution >= 4 is 29.1 Å². The Morgan fingerprint density at radius 2 is 1.95 bits per heavy atom. The first kappa shape index (κ1) is 14.9. The third-order valence-electron chi connectivity index (χ3n) is 3.12. The summed E-state index contributed by atoms with van der Waals surface area (Å²) in [5.74, 6) is 0.681. The van der Waals surface area contributed by atoms with Crippen molar-refractivity contribution in [3.63, 3.8) is 0 Å². The highest BCUT2D eigenvalue weighted by Gasteiger charge is 2.34. The number of benzene rings is 1. The lowest BCUT2D eigenvalue weighted by atomic mass is 10.1. The summed E-state index contributed by atoms with van der Waals surface area (Å²) in [7, 11) is 0. The Kier molecular flexibility index (Phi) is 3.82. The van der Waals surface area contributed by atoms with E-state index >= 15 is 0 Å². The first-order valence-electron chi connectivity index (χ1n) is 6.65. The summed E-state index contributed by atoms with van der Waals surface area (Å²) < 4.78 is 39.1. The zero-order chi connectivity index (χ0) is 15.7. The molecule has 0 amide bonds. The summed E-state index contributed by atoms with van der Waals surface area (Å²) in [6.45, 7) is 0. The van der Waals surface area contributed by atoms with Crippen LogP contribution >= 0.6 is 11.6 Å². The number of hydrogen-bond donors (Lipinski definition) is 2. The maximum atomic E-state index is 13.0. The number of rotatable bonds is 4. The van der Waals surface area contributed by atoms with Crippen LogP contribution in [-0.4, -0.2) is 16.0 Å². The number of alkyl halides is 3. The molecule has 0 spiro atoms. The van der Waals surface area contributed by atoms with Gasteiger partial charge in [-0.1, -0.05) is 11.6 Å². The second kappa shape index (κ2) is 5.64. The first-order valence-corrected chi connectivity index (χ1v) is 7.03. The van der Waals surface area contributed by atoms with Crippen LogP contribution in [0.1, 0.15) is 18.4 Å². The van der Waals surface area contributed by atoms with E-state index in [2.05, 4.69) is 20.6 Å². The number of nitrogens with one attached hydrogen (secondary N) is 2. The van der Waals surface area contributed by atoms with Gasteiger partial charge in [-0.15, -0.1) is 0 Å². The lowest BCUT2D eigenvalue weighted by molar-refractivity contribution is -0.136. The molecule has 1 aromatic heterocycles. The lowest BCUT2D eigenvalue weighted by Gasteiger charge is -2.14. The number of nitrogens with zero attached hydrogens (tertiary/aromatic N) is 2. The van der Waals surface area contributed by atoms with E-state index in [0.29, 0.717) is 12.0 Å². The number of aromatic nitrogens is 2. The average Bonchev–Trinajstić information content (AvgIpc) is 3.24. The minimum Gasteiger partial charge on any atom is -0.351 e. The Morgan fingerprint density at radius 3 is 2.64 bits per heavy atom. The first-order chi connectivity index (χ1) is 10.4. The van der Waals surface area contributed by atoms with Gasteiger partial charge in [0, 0.05) is 17.3 Å². The molecule has 0 aliphatic heterocycles. The van der Waals surface area contributed by atoms with Gasteiger partial charge in [0.2, 0.25) is 5.95 Å². The molecule has 1 saturated carbocycles. The standard InChI is InChI=1S/C14H12ClF3N4/c15-8-1-4-11(10(7-8)14(16,17)18)21-12-5-6-19-13(22-12)20-9-2-3-9/h1,4-7,9H,2-3H2,(H2,19,20,21,22). The van der Waals surface area contributed by atoms with Crippen LogP contribution in [0.5, 0.6) is 0 Å². The van der Waals surface area contributed by atoms with Crippen molar-refractivity contribution in [2.75, 3.05) is 10.6 Å². The molecule has 1 aliphatic rings. The molecule has 22 heavy (non-hydrogen) atoms. The second-order valence-corrected chi connectivity index (χ2v) is 5.43. The van der Waals surface area contributed by atoms with Gasteiger partial charge in [-0.3, -0.25) is 0 Å². The summed E-state index contributed by atoms with van der Waals surface area (Å²) in [6.07, 6.45) is -0.911. The van der Waals surface area contributed by atoms with Gasteiger partial charge in [0.25, 0.3) is 0 Å². The van der Waals surface area contributed by atoms with Crippen LogP contribution in [0.15, 0.2) is 30.5 Å². The van der Waals surface area contributed by atoms with Crippen LogP contribution < -0.4 is 10.6 Å². The molecule has 0 radical (unpaired) electrons. The molecule has 4 nitrogen and oxygen atoms in total. The lowest BCUT2D eigenvalue weighted by Crippen LogP contribution is -2.10. The smallest absolute Gasteiger partial charge is 0.351 e. The van der Waals surface area contributed by atoms with Crippen molar-refractivity contribution < 1.29 is 13.2 Å². The molecule has 1 aliphatic carbocycles. The second-order valence-electron chi connectivity index (χ2n) is 5.00. The maximum absolute atomic E-state index is 13.0. The Morgan fingerprint density at radius 1 is 1.18 bits per heavy atom. The zero-order valence-electron chi connectivity index (χ0n) is 11.3. The number of hydrogen-bond acceptors (Lipinski definition) is 4. The monoisotopic (exact) mass is 328 g/mol. The normalized spacial score (nSPS) is 14.7. The minimum absolute atomic E-state index is 0.0247. The Hall–Kier alpha value is -2.02. The highest BCUT2D eigenvalue weighted by atomic mass is 35.5. The molecule has 8 heteroatoms. The van der Waals surface area contributed by atoms with Gasteiger partial charge in [0.1, 0.15) is 5.82 Å². The summed E-state index contributed by atoms with van der Waals surface area (Å²) in [5, 5.41) is 5.79. The van der Waals surface area contributed by atoms with Gasteiger partial charge in [-0.25, -0.2) is 4.98 Å². The zero-order valence-corrected chi connectivity index (χ0v) is 12.0. The molecular formula is C14H12ClF3N4. The van der Waals surface area contributed by atoms with E-state index in [4.69, 9.17) is 11.6 Å². The summed E-state index contributed by atoms with van der Waals surface area (Å²) in [5.41, 5.74) is -0.941. The van der Waals surface area contributed by atoms with E-state index in [1.807, 2.05) is 0 Å². The van der Waals surface area contributed by atoms with Crippen molar-refractivity contribution in [2.45, 2.75) is 25.1 Å². The molecule has 2 aromatic rings. The summed E-state index contributed by atoms with van der Waals surface area (Å²) in [4.78, 5) is 8.20. The Labute approximate surface area is 129 Å². The molecule has 116 valence electrons. The van der Waals surface area contributed by atoms with Crippen molar-refractivity contribution in [3.8, 4) is 0 Å². The van der Waals surface area contributed by atoms with Crippen molar-refractivity contribution in [1.29, 1.82) is 0 Å². The topological polar surface area (TPSA) is 49.8 Å². The Bertz CT molecular complexity index is 686. The van der Waals surface area contributed by atoms with Crippen LogP contribution in [0.25, 0.3) is 0 Å². The van der Waals surface area contributed by atoms with Crippen LogP contribution in [0, 0.1) is 0 Å². The van der Waals surface area contributed by atoms with Crippen LogP contribution in [-0.2, 0) is 6.18 Å². The third-order valence-corrected chi connectivity index (χ3v) is 3.35. The molecule has 1 fully saturated rings. The highest BCUT2D eigenvalue weighted by molar-refractivity contribution is 6.30. The molecule has 0 unspecified atom stereocenters. The molecule has 0 atom stereocenters. The predicted octanol–water partition coefficient (Wildman–Crippen LogP) is 4.47. The maximum Gasteiger partial charge on any atom is 0.418 e. The molecule has 1 aromatic carbocycles. The van der Waals surface area contributed by atoms with E-state index in [-0.39, 0.29) is 16.5 Å². The molecule has 1 heterocycles. The van der Waals surface area contributed by atoms with E-state index in [1.165, 1.54) is 24.4 Å². The van der Waals surface area contributed by atoms with E-state index in [9.17, 15) is 13.2 Å². The molecule has 0 saturated heterocycles. The Balaban J connectivity index is 1.86. The van der Waals surface area contributed by atoms with Gasteiger partial charge in [0.15, 0.2) is 0 Å².